The van der Waals surface area contributed by atoms with Crippen molar-refractivity contribution in [3.05, 3.63) is 95.0 Å². The summed E-state index contributed by atoms with van der Waals surface area (Å²) in [6.45, 7) is -0.0930. The molecule has 3 aromatic rings. The fourth-order valence-corrected chi connectivity index (χ4v) is 3.70. The van der Waals surface area contributed by atoms with Crippen LogP contribution in [0.15, 0.2) is 84.0 Å². The molecule has 0 saturated heterocycles. The van der Waals surface area contributed by atoms with Crippen LogP contribution in [0.25, 0.3) is 0 Å². The largest absolute Gasteiger partial charge is 0.484 e. The van der Waals surface area contributed by atoms with Crippen molar-refractivity contribution >= 4 is 47.1 Å². The molecule has 3 rings (SSSR count). The molecule has 6 nitrogen and oxygen atoms in total. The van der Waals surface area contributed by atoms with Gasteiger partial charge in [-0.3, -0.25) is 9.59 Å². The Morgan fingerprint density at radius 3 is 2.41 bits per heavy atom. The van der Waals surface area contributed by atoms with Crippen molar-refractivity contribution in [1.29, 1.82) is 0 Å². The van der Waals surface area contributed by atoms with Crippen LogP contribution in [-0.2, 0) is 15.3 Å². The number of hydrogen-bond acceptors (Lipinski definition) is 5. The van der Waals surface area contributed by atoms with Crippen molar-refractivity contribution < 1.29 is 14.3 Å². The summed E-state index contributed by atoms with van der Waals surface area (Å²) in [4.78, 5) is 23.8. The number of nitrogens with one attached hydrogen (secondary N) is 2. The highest BCUT2D eigenvalue weighted by molar-refractivity contribution is 7.99. The van der Waals surface area contributed by atoms with Crippen LogP contribution >= 0.6 is 23.4 Å². The summed E-state index contributed by atoms with van der Waals surface area (Å²) >= 11 is 7.57. The predicted molar refractivity (Wildman–Crippen MR) is 130 cm³/mol. The molecule has 0 saturated carbocycles. The number of carbonyl (C=O) groups excluding carboxylic acids is 2. The van der Waals surface area contributed by atoms with E-state index in [9.17, 15) is 9.59 Å². The maximum atomic E-state index is 11.9. The normalized spacial score (nSPS) is 10.7. The van der Waals surface area contributed by atoms with Crippen molar-refractivity contribution in [3.8, 4) is 5.75 Å². The van der Waals surface area contributed by atoms with Crippen LogP contribution in [0.4, 0.5) is 5.69 Å². The van der Waals surface area contributed by atoms with Gasteiger partial charge in [0, 0.05) is 16.5 Å². The zero-order valence-corrected chi connectivity index (χ0v) is 18.7. The molecule has 8 heteroatoms. The van der Waals surface area contributed by atoms with Gasteiger partial charge in [-0.05, 0) is 53.6 Å². The van der Waals surface area contributed by atoms with E-state index in [2.05, 4.69) is 15.8 Å². The first kappa shape index (κ1) is 23.4. The molecule has 0 bridgehead atoms. The number of benzene rings is 3. The fourth-order valence-electron chi connectivity index (χ4n) is 2.60. The minimum atomic E-state index is -0.239. The molecule has 0 aliphatic heterocycles. The molecule has 0 atom stereocenters. The molecule has 3 aromatic carbocycles. The summed E-state index contributed by atoms with van der Waals surface area (Å²) in [5, 5.41) is 7.42. The number of carbonyl (C=O) groups is 2. The quantitative estimate of drug-likeness (QED) is 0.333. The second-order valence-corrected chi connectivity index (χ2v) is 8.04. The smallest absolute Gasteiger partial charge is 0.262 e. The van der Waals surface area contributed by atoms with Crippen LogP contribution in [0.3, 0.4) is 0 Å². The Bertz CT molecular complexity index is 1060. The Balaban J connectivity index is 1.35. The van der Waals surface area contributed by atoms with Gasteiger partial charge in [-0.1, -0.05) is 48.0 Å². The fraction of sp³-hybridized carbons (Fsp3) is 0.125. The summed E-state index contributed by atoms with van der Waals surface area (Å²) < 4.78 is 5.49. The summed E-state index contributed by atoms with van der Waals surface area (Å²) in [5.74, 6) is 1.06. The Kier molecular flexibility index (Phi) is 9.16. The third-order valence-corrected chi connectivity index (χ3v) is 5.51. The van der Waals surface area contributed by atoms with Gasteiger partial charge in [-0.25, -0.2) is 5.43 Å². The lowest BCUT2D eigenvalue weighted by atomic mass is 10.2. The number of rotatable bonds is 10. The van der Waals surface area contributed by atoms with Gasteiger partial charge in [-0.2, -0.15) is 5.10 Å². The molecule has 0 spiro atoms. The predicted octanol–water partition coefficient (Wildman–Crippen LogP) is 4.74. The van der Waals surface area contributed by atoms with Gasteiger partial charge in [0.1, 0.15) is 5.75 Å². The van der Waals surface area contributed by atoms with Gasteiger partial charge in [0.15, 0.2) is 6.61 Å². The molecular weight excluding hydrogens is 446 g/mol. The molecule has 0 aliphatic rings. The molecule has 0 unspecified atom stereocenters. The maximum absolute atomic E-state index is 11.9. The first-order valence-electron chi connectivity index (χ1n) is 9.81. The van der Waals surface area contributed by atoms with Crippen molar-refractivity contribution in [2.45, 2.75) is 5.75 Å². The summed E-state index contributed by atoms with van der Waals surface area (Å²) in [7, 11) is 0. The van der Waals surface area contributed by atoms with Gasteiger partial charge >= 0.3 is 0 Å². The summed E-state index contributed by atoms with van der Waals surface area (Å²) in [6.07, 6.45) is 1.54. The highest BCUT2D eigenvalue weighted by atomic mass is 35.5. The lowest BCUT2D eigenvalue weighted by Gasteiger charge is -2.07. The first-order valence-corrected chi connectivity index (χ1v) is 11.3. The third-order valence-electron chi connectivity index (χ3n) is 4.16. The molecule has 0 radical (unpaired) electrons. The number of halogens is 1. The first-order chi connectivity index (χ1) is 15.6. The molecule has 2 N–H and O–H groups in total. The van der Waals surface area contributed by atoms with Crippen LogP contribution in [0, 0.1) is 0 Å². The number of ether oxygens (including phenoxy) is 1. The van der Waals surface area contributed by atoms with E-state index in [0.717, 1.165) is 16.8 Å². The average molecular weight is 468 g/mol. The Morgan fingerprint density at radius 2 is 1.66 bits per heavy atom. The monoisotopic (exact) mass is 467 g/mol. The molecule has 0 fully saturated rings. The highest BCUT2D eigenvalue weighted by Crippen LogP contribution is 2.20. The number of anilines is 1. The van der Waals surface area contributed by atoms with E-state index in [1.165, 1.54) is 11.8 Å². The lowest BCUT2D eigenvalue weighted by molar-refractivity contribution is -0.119. The Hall–Kier alpha value is -3.29. The van der Waals surface area contributed by atoms with Gasteiger partial charge in [0.05, 0.1) is 12.0 Å². The number of hydrogen-bond donors (Lipinski definition) is 2. The van der Waals surface area contributed by atoms with E-state index in [4.69, 9.17) is 16.3 Å². The highest BCUT2D eigenvalue weighted by Gasteiger charge is 2.04. The van der Waals surface area contributed by atoms with Gasteiger partial charge in [-0.15, -0.1) is 11.8 Å². The topological polar surface area (TPSA) is 79.8 Å². The molecule has 2 amide bonds. The van der Waals surface area contributed by atoms with Gasteiger partial charge in [0.2, 0.25) is 5.91 Å². The zero-order chi connectivity index (χ0) is 22.6. The second-order valence-electron chi connectivity index (χ2n) is 6.65. The average Bonchev–Trinajstić information content (AvgIpc) is 2.80. The minimum Gasteiger partial charge on any atom is -0.484 e. The Labute approximate surface area is 196 Å². The molecule has 0 aliphatic carbocycles. The standard InChI is InChI=1S/C24H22ClN3O3S/c25-22-9-5-4-6-19(22)16-32-17-24(30)28-26-14-18-10-12-21(13-11-18)31-15-23(29)27-20-7-2-1-3-8-20/h1-14H,15-17H2,(H,27,29)(H,28,30)/b26-14+. The minimum absolute atomic E-state index is 0.0930. The second kappa shape index (κ2) is 12.5. The number of para-hydroxylation sites is 1. The van der Waals surface area contributed by atoms with Crippen molar-refractivity contribution in [3.63, 3.8) is 0 Å². The van der Waals surface area contributed by atoms with Crippen LogP contribution < -0.4 is 15.5 Å². The Morgan fingerprint density at radius 1 is 0.938 bits per heavy atom. The van der Waals surface area contributed by atoms with Crippen molar-refractivity contribution in [2.75, 3.05) is 17.7 Å². The number of amides is 2. The zero-order valence-electron chi connectivity index (χ0n) is 17.2. The summed E-state index contributed by atoms with van der Waals surface area (Å²) in [6, 6.07) is 23.8. The van der Waals surface area contributed by atoms with E-state index in [1.807, 2.05) is 54.6 Å². The van der Waals surface area contributed by atoms with Crippen LogP contribution in [-0.4, -0.2) is 30.4 Å². The van der Waals surface area contributed by atoms with Crippen LogP contribution in [0.5, 0.6) is 5.75 Å². The van der Waals surface area contributed by atoms with Crippen molar-refractivity contribution in [1.82, 2.24) is 5.43 Å². The maximum Gasteiger partial charge on any atom is 0.262 e. The molecule has 0 heterocycles. The van der Waals surface area contributed by atoms with E-state index in [-0.39, 0.29) is 24.2 Å². The summed E-state index contributed by atoms with van der Waals surface area (Å²) in [5.41, 5.74) is 5.00. The van der Waals surface area contributed by atoms with Crippen molar-refractivity contribution in [2.24, 2.45) is 5.10 Å². The van der Waals surface area contributed by atoms with Gasteiger partial charge in [0.25, 0.3) is 5.91 Å². The number of thioether (sulfide) groups is 1. The van der Waals surface area contributed by atoms with E-state index < -0.39 is 0 Å². The van der Waals surface area contributed by atoms with Crippen LogP contribution in [0.1, 0.15) is 11.1 Å². The number of hydrazone groups is 1. The lowest BCUT2D eigenvalue weighted by Crippen LogP contribution is -2.20. The van der Waals surface area contributed by atoms with E-state index in [0.29, 0.717) is 16.5 Å². The molecule has 164 valence electrons. The molecule has 0 aromatic heterocycles. The van der Waals surface area contributed by atoms with Crippen LogP contribution in [0.2, 0.25) is 5.02 Å². The third kappa shape index (κ3) is 8.09. The van der Waals surface area contributed by atoms with E-state index in [1.54, 1.807) is 30.5 Å². The SMILES string of the molecule is O=C(CSCc1ccccc1Cl)N/N=C/c1ccc(OCC(=O)Nc2ccccc2)cc1. The molecular formula is C24H22ClN3O3S. The number of nitrogens with zero attached hydrogens (tertiary/aromatic N) is 1. The van der Waals surface area contributed by atoms with Gasteiger partial charge < -0.3 is 10.1 Å². The molecule has 32 heavy (non-hydrogen) atoms. The van der Waals surface area contributed by atoms with E-state index >= 15 is 0 Å².